The third-order valence-electron chi connectivity index (χ3n) is 2.90. The molecule has 0 unspecified atom stereocenters. The number of benzene rings is 2. The van der Waals surface area contributed by atoms with E-state index in [1.807, 2.05) is 0 Å². The first-order valence-corrected chi connectivity index (χ1v) is 5.93. The standard InChI is InChI=1S/C15H18N/c1-3-4-11-16(2)15-10-9-13-7-5-6-8-14(13)12-15/h5-10H,3-4,11H2,1-2H3. The predicted octanol–water partition coefficient (Wildman–Crippen LogP) is 3.88. The minimum Gasteiger partial charge on any atom is -0.374 e. The van der Waals surface area contributed by atoms with Crippen LogP contribution in [0.4, 0.5) is 5.69 Å². The number of hydrogen-bond donors (Lipinski definition) is 0. The predicted molar refractivity (Wildman–Crippen MR) is 71.0 cm³/mol. The van der Waals surface area contributed by atoms with Gasteiger partial charge in [0.1, 0.15) is 0 Å². The van der Waals surface area contributed by atoms with Gasteiger partial charge in [-0.2, -0.15) is 0 Å². The van der Waals surface area contributed by atoms with Gasteiger partial charge in [-0.15, -0.1) is 0 Å². The van der Waals surface area contributed by atoms with Crippen LogP contribution in [0.25, 0.3) is 10.8 Å². The molecule has 0 fully saturated rings. The van der Waals surface area contributed by atoms with Gasteiger partial charge in [-0.25, -0.2) is 0 Å². The van der Waals surface area contributed by atoms with Crippen molar-refractivity contribution in [2.75, 3.05) is 18.5 Å². The van der Waals surface area contributed by atoms with E-state index in [-0.39, 0.29) is 0 Å². The summed E-state index contributed by atoms with van der Waals surface area (Å²) in [7, 11) is 2.14. The summed E-state index contributed by atoms with van der Waals surface area (Å²) >= 11 is 0. The average Bonchev–Trinajstić information content (AvgIpc) is 2.35. The molecule has 1 heteroatoms. The van der Waals surface area contributed by atoms with Crippen molar-refractivity contribution < 1.29 is 0 Å². The SMILES string of the molecule is CCCCN(C)c1[c]c2ccccc2cc1. The lowest BCUT2D eigenvalue weighted by Crippen LogP contribution is -2.18. The van der Waals surface area contributed by atoms with Crippen LogP contribution in [-0.2, 0) is 0 Å². The van der Waals surface area contributed by atoms with Gasteiger partial charge in [0, 0.05) is 25.3 Å². The Morgan fingerprint density at radius 2 is 1.94 bits per heavy atom. The molecular formula is C15H18N. The van der Waals surface area contributed by atoms with E-state index in [1.165, 1.54) is 29.3 Å². The first kappa shape index (κ1) is 11.0. The number of fused-ring (bicyclic) bond motifs is 1. The number of unbranched alkanes of at least 4 members (excludes halogenated alkanes) is 1. The van der Waals surface area contributed by atoms with Crippen molar-refractivity contribution in [2.24, 2.45) is 0 Å². The fourth-order valence-corrected chi connectivity index (χ4v) is 1.84. The molecule has 2 aromatic carbocycles. The van der Waals surface area contributed by atoms with E-state index in [9.17, 15) is 0 Å². The zero-order valence-electron chi connectivity index (χ0n) is 10.0. The van der Waals surface area contributed by atoms with Crippen molar-refractivity contribution in [2.45, 2.75) is 19.8 Å². The molecule has 1 nitrogen and oxygen atoms in total. The van der Waals surface area contributed by atoms with E-state index in [1.54, 1.807) is 0 Å². The largest absolute Gasteiger partial charge is 0.374 e. The normalized spacial score (nSPS) is 10.6. The molecule has 83 valence electrons. The third kappa shape index (κ3) is 2.35. The highest BCUT2D eigenvalue weighted by Crippen LogP contribution is 2.20. The van der Waals surface area contributed by atoms with Crippen LogP contribution in [0.3, 0.4) is 0 Å². The fourth-order valence-electron chi connectivity index (χ4n) is 1.84. The van der Waals surface area contributed by atoms with Gasteiger partial charge in [-0.1, -0.05) is 43.7 Å². The van der Waals surface area contributed by atoms with Gasteiger partial charge in [0.15, 0.2) is 0 Å². The summed E-state index contributed by atoms with van der Waals surface area (Å²) in [6.45, 7) is 3.32. The maximum Gasteiger partial charge on any atom is 0.0450 e. The number of rotatable bonds is 4. The second-order valence-corrected chi connectivity index (χ2v) is 4.21. The van der Waals surface area contributed by atoms with Crippen molar-refractivity contribution in [1.82, 2.24) is 0 Å². The Hall–Kier alpha value is -1.50. The number of anilines is 1. The number of hydrogen-bond acceptors (Lipinski definition) is 1. The van der Waals surface area contributed by atoms with Crippen LogP contribution in [0, 0.1) is 6.07 Å². The quantitative estimate of drug-likeness (QED) is 0.743. The first-order chi connectivity index (χ1) is 7.81. The van der Waals surface area contributed by atoms with Gasteiger partial charge in [0.25, 0.3) is 0 Å². The Morgan fingerprint density at radius 3 is 2.75 bits per heavy atom. The first-order valence-electron chi connectivity index (χ1n) is 5.93. The van der Waals surface area contributed by atoms with Crippen LogP contribution < -0.4 is 4.90 Å². The molecule has 0 aliphatic carbocycles. The lowest BCUT2D eigenvalue weighted by atomic mass is 10.1. The van der Waals surface area contributed by atoms with E-state index < -0.39 is 0 Å². The average molecular weight is 212 g/mol. The Bertz CT molecular complexity index is 462. The van der Waals surface area contributed by atoms with Crippen LogP contribution >= 0.6 is 0 Å². The van der Waals surface area contributed by atoms with Crippen molar-refractivity contribution in [3.05, 3.63) is 42.5 Å². The molecule has 0 N–H and O–H groups in total. The van der Waals surface area contributed by atoms with E-state index >= 15 is 0 Å². The lowest BCUT2D eigenvalue weighted by Gasteiger charge is -2.18. The Kier molecular flexibility index (Phi) is 3.45. The molecule has 0 spiro atoms. The van der Waals surface area contributed by atoms with Gasteiger partial charge >= 0.3 is 0 Å². The van der Waals surface area contributed by atoms with E-state index in [2.05, 4.69) is 61.3 Å². The number of nitrogens with zero attached hydrogens (tertiary/aromatic N) is 1. The topological polar surface area (TPSA) is 3.24 Å². The molecule has 1 radical (unpaired) electrons. The van der Waals surface area contributed by atoms with Crippen molar-refractivity contribution in [1.29, 1.82) is 0 Å². The molecule has 0 saturated carbocycles. The molecule has 2 aromatic rings. The van der Waals surface area contributed by atoms with Crippen LogP contribution in [0.1, 0.15) is 19.8 Å². The molecule has 0 aromatic heterocycles. The van der Waals surface area contributed by atoms with Crippen molar-refractivity contribution in [3.8, 4) is 0 Å². The maximum absolute atomic E-state index is 3.46. The van der Waals surface area contributed by atoms with Crippen molar-refractivity contribution in [3.63, 3.8) is 0 Å². The highest BCUT2D eigenvalue weighted by molar-refractivity contribution is 5.85. The van der Waals surface area contributed by atoms with Crippen LogP contribution in [0.5, 0.6) is 0 Å². The highest BCUT2D eigenvalue weighted by Gasteiger charge is 2.01. The van der Waals surface area contributed by atoms with Gasteiger partial charge in [-0.05, 0) is 23.3 Å². The molecule has 0 bridgehead atoms. The summed E-state index contributed by atoms with van der Waals surface area (Å²) in [5.74, 6) is 0. The van der Waals surface area contributed by atoms with Crippen LogP contribution in [0.15, 0.2) is 36.4 Å². The van der Waals surface area contributed by atoms with Crippen LogP contribution in [-0.4, -0.2) is 13.6 Å². The zero-order valence-corrected chi connectivity index (χ0v) is 10.0. The molecule has 0 atom stereocenters. The molecule has 0 aliphatic rings. The molecule has 0 heterocycles. The molecule has 16 heavy (non-hydrogen) atoms. The third-order valence-corrected chi connectivity index (χ3v) is 2.90. The highest BCUT2D eigenvalue weighted by atomic mass is 15.1. The fraction of sp³-hybridized carbons (Fsp3) is 0.333. The van der Waals surface area contributed by atoms with E-state index in [0.29, 0.717) is 0 Å². The molecule has 0 aliphatic heterocycles. The second kappa shape index (κ2) is 5.02. The zero-order chi connectivity index (χ0) is 11.4. The Morgan fingerprint density at radius 1 is 1.12 bits per heavy atom. The summed E-state index contributed by atoms with van der Waals surface area (Å²) in [5.41, 5.74) is 1.19. The van der Waals surface area contributed by atoms with Crippen molar-refractivity contribution >= 4 is 16.5 Å². The molecule has 0 saturated heterocycles. The Balaban J connectivity index is 2.25. The molecule has 0 amide bonds. The van der Waals surface area contributed by atoms with Gasteiger partial charge in [-0.3, -0.25) is 0 Å². The van der Waals surface area contributed by atoms with Gasteiger partial charge < -0.3 is 4.90 Å². The van der Waals surface area contributed by atoms with Crippen LogP contribution in [0.2, 0.25) is 0 Å². The lowest BCUT2D eigenvalue weighted by molar-refractivity contribution is 0.767. The molecule has 2 rings (SSSR count). The maximum atomic E-state index is 3.46. The Labute approximate surface area is 97.7 Å². The summed E-state index contributed by atoms with van der Waals surface area (Å²) < 4.78 is 0. The molecular weight excluding hydrogens is 194 g/mol. The van der Waals surface area contributed by atoms with E-state index in [0.717, 1.165) is 6.54 Å². The van der Waals surface area contributed by atoms with E-state index in [4.69, 9.17) is 0 Å². The summed E-state index contributed by atoms with van der Waals surface area (Å²) in [5, 5.41) is 2.46. The second-order valence-electron chi connectivity index (χ2n) is 4.21. The monoisotopic (exact) mass is 212 g/mol. The summed E-state index contributed by atoms with van der Waals surface area (Å²) in [6.07, 6.45) is 2.47. The summed E-state index contributed by atoms with van der Waals surface area (Å²) in [4.78, 5) is 2.27. The van der Waals surface area contributed by atoms with Gasteiger partial charge in [0.2, 0.25) is 0 Å². The van der Waals surface area contributed by atoms with Gasteiger partial charge in [0.05, 0.1) is 0 Å². The smallest absolute Gasteiger partial charge is 0.0450 e. The minimum atomic E-state index is 1.10. The minimum absolute atomic E-state index is 1.10. The summed E-state index contributed by atoms with van der Waals surface area (Å²) in [6, 6.07) is 16.2.